The lowest BCUT2D eigenvalue weighted by Crippen LogP contribution is -2.36. The quantitative estimate of drug-likeness (QED) is 0.824. The van der Waals surface area contributed by atoms with Gasteiger partial charge in [0.15, 0.2) is 0 Å². The van der Waals surface area contributed by atoms with Crippen molar-refractivity contribution in [2.45, 2.75) is 57.9 Å². The van der Waals surface area contributed by atoms with Crippen LogP contribution in [0.3, 0.4) is 0 Å². The van der Waals surface area contributed by atoms with Crippen LogP contribution in [-0.2, 0) is 6.42 Å². The van der Waals surface area contributed by atoms with Gasteiger partial charge in [-0.15, -0.1) is 0 Å². The fourth-order valence-electron chi connectivity index (χ4n) is 3.44. The van der Waals surface area contributed by atoms with Crippen LogP contribution in [0, 0.1) is 11.8 Å². The molecule has 1 aromatic rings. The predicted octanol–water partition coefficient (Wildman–Crippen LogP) is 4.02. The maximum absolute atomic E-state index is 5.43. The zero-order valence-electron chi connectivity index (χ0n) is 11.8. The average Bonchev–Trinajstić information content (AvgIpc) is 2.93. The van der Waals surface area contributed by atoms with Crippen molar-refractivity contribution in [1.29, 1.82) is 0 Å². The molecule has 2 rings (SSSR count). The molecule has 18 heavy (non-hydrogen) atoms. The molecule has 3 unspecified atom stereocenters. The average molecular weight is 249 g/mol. The van der Waals surface area contributed by atoms with Gasteiger partial charge in [-0.1, -0.05) is 26.2 Å². The lowest BCUT2D eigenvalue weighted by atomic mass is 9.76. The molecule has 2 heteroatoms. The topological polar surface area (TPSA) is 25.2 Å². The van der Waals surface area contributed by atoms with E-state index < -0.39 is 0 Å². The van der Waals surface area contributed by atoms with Gasteiger partial charge in [0, 0.05) is 12.5 Å². The third kappa shape index (κ3) is 3.61. The zero-order valence-corrected chi connectivity index (χ0v) is 11.8. The Bertz CT molecular complexity index is 320. The summed E-state index contributed by atoms with van der Waals surface area (Å²) >= 11 is 0. The van der Waals surface area contributed by atoms with Gasteiger partial charge in [-0.05, 0) is 50.3 Å². The predicted molar refractivity (Wildman–Crippen MR) is 75.6 cm³/mol. The van der Waals surface area contributed by atoms with Crippen molar-refractivity contribution < 1.29 is 4.42 Å². The van der Waals surface area contributed by atoms with Crippen LogP contribution in [0.1, 0.15) is 51.2 Å². The van der Waals surface area contributed by atoms with Crippen molar-refractivity contribution in [3.8, 4) is 0 Å². The summed E-state index contributed by atoms with van der Waals surface area (Å²) in [7, 11) is 2.11. The van der Waals surface area contributed by atoms with Crippen molar-refractivity contribution in [3.05, 3.63) is 24.2 Å². The lowest BCUT2D eigenvalue weighted by molar-refractivity contribution is 0.206. The smallest absolute Gasteiger partial charge is 0.103 e. The van der Waals surface area contributed by atoms with Gasteiger partial charge in [0.25, 0.3) is 0 Å². The Morgan fingerprint density at radius 2 is 2.33 bits per heavy atom. The summed E-state index contributed by atoms with van der Waals surface area (Å²) in [6.07, 6.45) is 11.1. The summed E-state index contributed by atoms with van der Waals surface area (Å²) in [6.45, 7) is 2.34. The van der Waals surface area contributed by atoms with Gasteiger partial charge in [0.2, 0.25) is 0 Å². The second kappa shape index (κ2) is 6.98. The van der Waals surface area contributed by atoms with Crippen LogP contribution >= 0.6 is 0 Å². The standard InChI is InChI=1S/C16H27NO/c1-3-13-6-4-7-14(12-13)16(17-2)10-9-15-8-5-11-18-15/h5,8,11,13-14,16-17H,3-4,6-7,9-10,12H2,1-2H3. The summed E-state index contributed by atoms with van der Waals surface area (Å²) < 4.78 is 5.43. The Morgan fingerprint density at radius 1 is 1.44 bits per heavy atom. The van der Waals surface area contributed by atoms with Crippen LogP contribution in [0.5, 0.6) is 0 Å². The number of hydrogen-bond donors (Lipinski definition) is 1. The van der Waals surface area contributed by atoms with E-state index in [0.29, 0.717) is 6.04 Å². The van der Waals surface area contributed by atoms with Crippen LogP contribution in [0.15, 0.2) is 22.8 Å². The minimum absolute atomic E-state index is 0.657. The SMILES string of the molecule is CCC1CCCC(C(CCc2ccco2)NC)C1. The maximum atomic E-state index is 5.43. The van der Waals surface area contributed by atoms with Crippen LogP contribution in [0.2, 0.25) is 0 Å². The second-order valence-corrected chi connectivity index (χ2v) is 5.71. The number of furan rings is 1. The second-order valence-electron chi connectivity index (χ2n) is 5.71. The number of hydrogen-bond acceptors (Lipinski definition) is 2. The molecule has 1 fully saturated rings. The largest absolute Gasteiger partial charge is 0.469 e. The van der Waals surface area contributed by atoms with Gasteiger partial charge in [-0.3, -0.25) is 0 Å². The third-order valence-electron chi connectivity index (χ3n) is 4.62. The van der Waals surface area contributed by atoms with Gasteiger partial charge >= 0.3 is 0 Å². The molecule has 0 amide bonds. The highest BCUT2D eigenvalue weighted by Crippen LogP contribution is 2.33. The van der Waals surface area contributed by atoms with Crippen LogP contribution in [-0.4, -0.2) is 13.1 Å². The highest BCUT2D eigenvalue weighted by atomic mass is 16.3. The molecule has 1 aliphatic rings. The van der Waals surface area contributed by atoms with Crippen molar-refractivity contribution in [1.82, 2.24) is 5.32 Å². The summed E-state index contributed by atoms with van der Waals surface area (Å²) in [6, 6.07) is 4.73. The van der Waals surface area contributed by atoms with E-state index in [1.54, 1.807) is 6.26 Å². The molecule has 102 valence electrons. The van der Waals surface area contributed by atoms with E-state index in [2.05, 4.69) is 25.4 Å². The summed E-state index contributed by atoms with van der Waals surface area (Å²) in [5.41, 5.74) is 0. The highest BCUT2D eigenvalue weighted by molar-refractivity contribution is 4.99. The molecule has 0 aromatic carbocycles. The van der Waals surface area contributed by atoms with E-state index in [0.717, 1.165) is 24.0 Å². The van der Waals surface area contributed by atoms with Gasteiger partial charge in [-0.2, -0.15) is 0 Å². The molecule has 0 bridgehead atoms. The maximum Gasteiger partial charge on any atom is 0.103 e. The molecule has 0 spiro atoms. The van der Waals surface area contributed by atoms with Crippen LogP contribution in [0.4, 0.5) is 0 Å². The van der Waals surface area contributed by atoms with Gasteiger partial charge in [-0.25, -0.2) is 0 Å². The van der Waals surface area contributed by atoms with Crippen molar-refractivity contribution in [2.24, 2.45) is 11.8 Å². The Labute approximate surface area is 111 Å². The molecule has 0 aliphatic heterocycles. The molecule has 1 N–H and O–H groups in total. The minimum atomic E-state index is 0.657. The summed E-state index contributed by atoms with van der Waals surface area (Å²) in [5.74, 6) is 2.95. The van der Waals surface area contributed by atoms with E-state index in [4.69, 9.17) is 4.42 Å². The normalized spacial score (nSPS) is 26.1. The molecule has 1 aromatic heterocycles. The summed E-state index contributed by atoms with van der Waals surface area (Å²) in [5, 5.41) is 3.54. The van der Waals surface area contributed by atoms with Crippen LogP contribution < -0.4 is 5.32 Å². The first-order valence-electron chi connectivity index (χ1n) is 7.53. The molecule has 1 saturated carbocycles. The first-order valence-corrected chi connectivity index (χ1v) is 7.53. The summed E-state index contributed by atoms with van der Waals surface area (Å²) in [4.78, 5) is 0. The Hall–Kier alpha value is -0.760. The van der Waals surface area contributed by atoms with E-state index in [1.807, 2.05) is 6.07 Å². The minimum Gasteiger partial charge on any atom is -0.469 e. The molecule has 0 radical (unpaired) electrons. The van der Waals surface area contributed by atoms with Crippen molar-refractivity contribution in [3.63, 3.8) is 0 Å². The van der Waals surface area contributed by atoms with E-state index >= 15 is 0 Å². The number of aryl methyl sites for hydroxylation is 1. The Morgan fingerprint density at radius 3 is 3.00 bits per heavy atom. The fourth-order valence-corrected chi connectivity index (χ4v) is 3.44. The first kappa shape index (κ1) is 13.7. The van der Waals surface area contributed by atoms with Crippen molar-refractivity contribution in [2.75, 3.05) is 7.05 Å². The first-order chi connectivity index (χ1) is 8.83. The van der Waals surface area contributed by atoms with Crippen molar-refractivity contribution >= 4 is 0 Å². The van der Waals surface area contributed by atoms with E-state index in [9.17, 15) is 0 Å². The van der Waals surface area contributed by atoms with Crippen LogP contribution in [0.25, 0.3) is 0 Å². The molecule has 1 heterocycles. The van der Waals surface area contributed by atoms with Gasteiger partial charge in [0.05, 0.1) is 6.26 Å². The monoisotopic (exact) mass is 249 g/mol. The van der Waals surface area contributed by atoms with E-state index in [1.165, 1.54) is 38.5 Å². The van der Waals surface area contributed by atoms with E-state index in [-0.39, 0.29) is 0 Å². The molecule has 0 saturated heterocycles. The van der Waals surface area contributed by atoms with Gasteiger partial charge < -0.3 is 9.73 Å². The Kier molecular flexibility index (Phi) is 5.30. The number of nitrogens with one attached hydrogen (secondary N) is 1. The molecule has 1 aliphatic carbocycles. The molecular weight excluding hydrogens is 222 g/mol. The Balaban J connectivity index is 1.83. The molecule has 3 atom stereocenters. The zero-order chi connectivity index (χ0) is 12.8. The third-order valence-corrected chi connectivity index (χ3v) is 4.62. The highest BCUT2D eigenvalue weighted by Gasteiger charge is 2.26. The molecule has 2 nitrogen and oxygen atoms in total. The lowest BCUT2D eigenvalue weighted by Gasteiger charge is -2.34. The van der Waals surface area contributed by atoms with Gasteiger partial charge in [0.1, 0.15) is 5.76 Å². The number of rotatable bonds is 6. The fraction of sp³-hybridized carbons (Fsp3) is 0.750. The molecular formula is C16H27NO.